The molecule has 2 atom stereocenters. The average molecular weight is 481 g/mol. The fraction of sp³-hybridized carbons (Fsp3) is 0.261. The molecule has 0 amide bonds. The topological polar surface area (TPSA) is 75.1 Å². The Morgan fingerprint density at radius 1 is 1.03 bits per heavy atom. The smallest absolute Gasteiger partial charge is 0.417 e. The number of aliphatic hydroxyl groups is 2. The summed E-state index contributed by atoms with van der Waals surface area (Å²) in [5.74, 6) is 1.10. The number of benzene rings is 2. The van der Waals surface area contributed by atoms with Gasteiger partial charge in [-0.25, -0.2) is 4.98 Å². The molecule has 0 saturated carbocycles. The highest BCUT2D eigenvalue weighted by molar-refractivity contribution is 6.30. The van der Waals surface area contributed by atoms with Crippen LogP contribution in [0, 0.1) is 0 Å². The lowest BCUT2D eigenvalue weighted by Crippen LogP contribution is -2.30. The maximum atomic E-state index is 12.7. The van der Waals surface area contributed by atoms with Crippen molar-refractivity contribution in [3.05, 3.63) is 76.9 Å². The van der Waals surface area contributed by atoms with Crippen LogP contribution in [0.4, 0.5) is 18.9 Å². The van der Waals surface area contributed by atoms with E-state index in [4.69, 9.17) is 21.1 Å². The SMILES string of the molecule is OCc1cc(Oc2ccc(Cl)cc2)ccc1N1C[C@@H](O)[C@H](Oc2ccc(C(F)(F)F)cn2)C1. The number of ether oxygens (including phenoxy) is 2. The second-order valence-electron chi connectivity index (χ2n) is 7.52. The lowest BCUT2D eigenvalue weighted by atomic mass is 10.1. The van der Waals surface area contributed by atoms with Gasteiger partial charge in [-0.05, 0) is 48.5 Å². The molecule has 0 aliphatic carbocycles. The van der Waals surface area contributed by atoms with Crippen LogP contribution >= 0.6 is 11.6 Å². The van der Waals surface area contributed by atoms with Crippen molar-refractivity contribution >= 4 is 17.3 Å². The molecule has 0 bridgehead atoms. The maximum absolute atomic E-state index is 12.7. The second kappa shape index (κ2) is 9.46. The number of nitrogens with zero attached hydrogens (tertiary/aromatic N) is 2. The fourth-order valence-electron chi connectivity index (χ4n) is 3.54. The maximum Gasteiger partial charge on any atom is 0.417 e. The lowest BCUT2D eigenvalue weighted by Gasteiger charge is -2.22. The predicted octanol–water partition coefficient (Wildman–Crippen LogP) is 4.67. The first-order chi connectivity index (χ1) is 15.7. The predicted molar refractivity (Wildman–Crippen MR) is 116 cm³/mol. The Labute approximate surface area is 192 Å². The quantitative estimate of drug-likeness (QED) is 0.534. The average Bonchev–Trinajstić information content (AvgIpc) is 3.15. The van der Waals surface area contributed by atoms with Crippen LogP contribution < -0.4 is 14.4 Å². The number of aromatic nitrogens is 1. The van der Waals surface area contributed by atoms with Gasteiger partial charge in [-0.1, -0.05) is 11.6 Å². The zero-order chi connectivity index (χ0) is 23.6. The third-order valence-corrected chi connectivity index (χ3v) is 5.44. The van der Waals surface area contributed by atoms with Gasteiger partial charge in [-0.15, -0.1) is 0 Å². The van der Waals surface area contributed by atoms with Crippen LogP contribution in [0.25, 0.3) is 0 Å². The summed E-state index contributed by atoms with van der Waals surface area (Å²) in [7, 11) is 0. The fourth-order valence-corrected chi connectivity index (χ4v) is 3.67. The second-order valence-corrected chi connectivity index (χ2v) is 7.95. The molecule has 2 heterocycles. The molecule has 10 heteroatoms. The summed E-state index contributed by atoms with van der Waals surface area (Å²) >= 11 is 5.88. The molecule has 1 aromatic heterocycles. The van der Waals surface area contributed by atoms with Gasteiger partial charge in [-0.2, -0.15) is 13.2 Å². The van der Waals surface area contributed by atoms with Gasteiger partial charge in [0, 0.05) is 35.1 Å². The highest BCUT2D eigenvalue weighted by Gasteiger charge is 2.35. The van der Waals surface area contributed by atoms with Crippen molar-refractivity contribution in [2.75, 3.05) is 18.0 Å². The number of pyridine rings is 1. The summed E-state index contributed by atoms with van der Waals surface area (Å²) in [6, 6.07) is 14.1. The monoisotopic (exact) mass is 480 g/mol. The number of rotatable bonds is 6. The lowest BCUT2D eigenvalue weighted by molar-refractivity contribution is -0.137. The Balaban J connectivity index is 1.45. The Kier molecular flexibility index (Phi) is 6.64. The zero-order valence-electron chi connectivity index (χ0n) is 17.2. The van der Waals surface area contributed by atoms with E-state index in [1.54, 1.807) is 42.5 Å². The van der Waals surface area contributed by atoms with Crippen LogP contribution in [-0.4, -0.2) is 40.5 Å². The van der Waals surface area contributed by atoms with E-state index in [0.29, 0.717) is 34.0 Å². The molecule has 4 rings (SSSR count). The number of anilines is 1. The molecule has 2 aromatic carbocycles. The molecular weight excluding hydrogens is 461 g/mol. The summed E-state index contributed by atoms with van der Waals surface area (Å²) in [4.78, 5) is 5.53. The standard InChI is InChI=1S/C23H20ClF3N2O4/c24-16-2-4-17(5-3-16)32-18-6-7-19(14(9-18)13-30)29-11-20(31)21(12-29)33-22-8-1-15(10-28-22)23(25,26)27/h1-10,20-21,30-31H,11-13H2/t20-,21-/m1/s1. The number of alkyl halides is 3. The van der Waals surface area contributed by atoms with Crippen molar-refractivity contribution in [2.45, 2.75) is 25.0 Å². The third-order valence-electron chi connectivity index (χ3n) is 5.18. The number of hydrogen-bond donors (Lipinski definition) is 2. The van der Waals surface area contributed by atoms with E-state index < -0.39 is 23.9 Å². The van der Waals surface area contributed by atoms with Crippen molar-refractivity contribution in [2.24, 2.45) is 0 Å². The van der Waals surface area contributed by atoms with Gasteiger partial charge in [0.2, 0.25) is 5.88 Å². The van der Waals surface area contributed by atoms with E-state index in [1.165, 1.54) is 0 Å². The van der Waals surface area contributed by atoms with Crippen LogP contribution in [0.15, 0.2) is 60.8 Å². The van der Waals surface area contributed by atoms with E-state index in [0.717, 1.165) is 12.1 Å². The van der Waals surface area contributed by atoms with Crippen molar-refractivity contribution in [1.29, 1.82) is 0 Å². The minimum absolute atomic E-state index is 0.0111. The van der Waals surface area contributed by atoms with Crippen molar-refractivity contribution < 1.29 is 32.9 Å². The Morgan fingerprint density at radius 2 is 1.76 bits per heavy atom. The summed E-state index contributed by atoms with van der Waals surface area (Å²) in [5.41, 5.74) is 0.394. The molecule has 1 aliphatic heterocycles. The van der Waals surface area contributed by atoms with Gasteiger partial charge in [0.1, 0.15) is 23.7 Å². The Hall–Kier alpha value is -3.01. The first kappa shape index (κ1) is 23.2. The van der Waals surface area contributed by atoms with E-state index in [-0.39, 0.29) is 25.6 Å². The van der Waals surface area contributed by atoms with Gasteiger partial charge < -0.3 is 24.6 Å². The van der Waals surface area contributed by atoms with Gasteiger partial charge in [-0.3, -0.25) is 0 Å². The third kappa shape index (κ3) is 5.50. The summed E-state index contributed by atoms with van der Waals surface area (Å²) in [6.45, 7) is 0.218. The molecule has 2 N–H and O–H groups in total. The largest absolute Gasteiger partial charge is 0.470 e. The van der Waals surface area contributed by atoms with Crippen molar-refractivity contribution in [3.8, 4) is 17.4 Å². The molecule has 1 saturated heterocycles. The van der Waals surface area contributed by atoms with E-state index in [1.807, 2.05) is 4.90 Å². The summed E-state index contributed by atoms with van der Waals surface area (Å²) < 4.78 is 49.5. The Bertz CT molecular complexity index is 1090. The van der Waals surface area contributed by atoms with Crippen molar-refractivity contribution in [3.63, 3.8) is 0 Å². The van der Waals surface area contributed by atoms with Gasteiger partial charge in [0.05, 0.1) is 18.7 Å². The van der Waals surface area contributed by atoms with Gasteiger partial charge in [0.25, 0.3) is 0 Å². The first-order valence-corrected chi connectivity index (χ1v) is 10.4. The minimum Gasteiger partial charge on any atom is -0.470 e. The molecular formula is C23H20ClF3N2O4. The van der Waals surface area contributed by atoms with E-state index in [9.17, 15) is 23.4 Å². The summed E-state index contributed by atoms with van der Waals surface area (Å²) in [6.07, 6.45) is -5.40. The molecule has 1 aliphatic rings. The van der Waals surface area contributed by atoms with Gasteiger partial charge in [0.15, 0.2) is 0 Å². The highest BCUT2D eigenvalue weighted by Crippen LogP contribution is 2.33. The molecule has 6 nitrogen and oxygen atoms in total. The molecule has 3 aromatic rings. The normalized spacial score (nSPS) is 18.4. The molecule has 174 valence electrons. The van der Waals surface area contributed by atoms with E-state index >= 15 is 0 Å². The molecule has 33 heavy (non-hydrogen) atoms. The Morgan fingerprint density at radius 3 is 2.39 bits per heavy atom. The first-order valence-electron chi connectivity index (χ1n) is 10.0. The molecule has 0 unspecified atom stereocenters. The summed E-state index contributed by atoms with van der Waals surface area (Å²) in [5, 5.41) is 20.9. The van der Waals surface area contributed by atoms with Crippen LogP contribution in [0.2, 0.25) is 5.02 Å². The number of halogens is 4. The minimum atomic E-state index is -4.49. The molecule has 0 spiro atoms. The van der Waals surface area contributed by atoms with Crippen LogP contribution in [0.1, 0.15) is 11.1 Å². The zero-order valence-corrected chi connectivity index (χ0v) is 17.9. The molecule has 0 radical (unpaired) electrons. The van der Waals surface area contributed by atoms with Crippen LogP contribution in [-0.2, 0) is 12.8 Å². The molecule has 1 fully saturated rings. The van der Waals surface area contributed by atoms with Crippen LogP contribution in [0.5, 0.6) is 17.4 Å². The van der Waals surface area contributed by atoms with E-state index in [2.05, 4.69) is 4.98 Å². The number of hydrogen-bond acceptors (Lipinski definition) is 6. The van der Waals surface area contributed by atoms with Crippen molar-refractivity contribution in [1.82, 2.24) is 4.98 Å². The highest BCUT2D eigenvalue weighted by atomic mass is 35.5. The number of aliphatic hydroxyl groups excluding tert-OH is 2. The van der Waals surface area contributed by atoms with Crippen LogP contribution in [0.3, 0.4) is 0 Å². The number of β-amino-alcohol motifs (C(OH)–C–C–N with tert-alkyl or cyclic N) is 1. The van der Waals surface area contributed by atoms with Gasteiger partial charge >= 0.3 is 6.18 Å².